The van der Waals surface area contributed by atoms with Gasteiger partial charge in [-0.3, -0.25) is 4.79 Å². The summed E-state index contributed by atoms with van der Waals surface area (Å²) in [7, 11) is 1.61. The molecular formula is C19H23N3O4. The maximum absolute atomic E-state index is 12.4. The van der Waals surface area contributed by atoms with E-state index in [4.69, 9.17) is 14.2 Å². The van der Waals surface area contributed by atoms with Crippen LogP contribution in [0.1, 0.15) is 18.7 Å². The lowest BCUT2D eigenvalue weighted by molar-refractivity contribution is -0.136. The number of carbonyl (C=O) groups excluding carboxylic acids is 1. The maximum Gasteiger partial charge on any atom is 0.260 e. The lowest BCUT2D eigenvalue weighted by Crippen LogP contribution is -2.46. The van der Waals surface area contributed by atoms with Crippen LogP contribution < -0.4 is 14.2 Å². The lowest BCUT2D eigenvalue weighted by Gasteiger charge is -2.32. The van der Waals surface area contributed by atoms with E-state index in [0.717, 1.165) is 18.6 Å². The van der Waals surface area contributed by atoms with Gasteiger partial charge in [-0.1, -0.05) is 0 Å². The van der Waals surface area contributed by atoms with Gasteiger partial charge in [0.25, 0.3) is 5.91 Å². The quantitative estimate of drug-likeness (QED) is 0.789. The van der Waals surface area contributed by atoms with Crippen molar-refractivity contribution in [3.8, 4) is 17.4 Å². The summed E-state index contributed by atoms with van der Waals surface area (Å²) >= 11 is 0. The molecule has 1 amide bonds. The Kier molecular flexibility index (Phi) is 5.88. The van der Waals surface area contributed by atoms with E-state index in [1.165, 1.54) is 0 Å². The molecule has 3 rings (SSSR count). The first-order valence-electron chi connectivity index (χ1n) is 8.65. The highest BCUT2D eigenvalue weighted by atomic mass is 16.5. The molecule has 1 unspecified atom stereocenters. The number of benzene rings is 1. The molecule has 1 aliphatic rings. The van der Waals surface area contributed by atoms with Crippen LogP contribution in [0.5, 0.6) is 17.4 Å². The number of amides is 1. The number of aromatic nitrogens is 2. The van der Waals surface area contributed by atoms with Crippen molar-refractivity contribution in [3.63, 3.8) is 0 Å². The Balaban J connectivity index is 1.50. The van der Waals surface area contributed by atoms with Crippen molar-refractivity contribution in [1.29, 1.82) is 0 Å². The monoisotopic (exact) mass is 357 g/mol. The third-order valence-corrected chi connectivity index (χ3v) is 4.19. The number of rotatable bonds is 6. The Bertz CT molecular complexity index is 736. The summed E-state index contributed by atoms with van der Waals surface area (Å²) in [4.78, 5) is 22.5. The number of likely N-dealkylation sites (tertiary alicyclic amines) is 1. The third kappa shape index (κ3) is 4.84. The van der Waals surface area contributed by atoms with Gasteiger partial charge in [-0.05, 0) is 44.0 Å². The molecule has 1 atom stereocenters. The predicted octanol–water partition coefficient (Wildman–Crippen LogP) is 2.24. The van der Waals surface area contributed by atoms with Gasteiger partial charge < -0.3 is 19.1 Å². The highest BCUT2D eigenvalue weighted by Gasteiger charge is 2.25. The summed E-state index contributed by atoms with van der Waals surface area (Å²) in [6.45, 7) is 3.08. The van der Waals surface area contributed by atoms with E-state index in [0.29, 0.717) is 30.5 Å². The fourth-order valence-corrected chi connectivity index (χ4v) is 2.84. The molecule has 0 spiro atoms. The minimum atomic E-state index is -0.0667. The van der Waals surface area contributed by atoms with Crippen LogP contribution in [0.15, 0.2) is 36.5 Å². The molecule has 26 heavy (non-hydrogen) atoms. The smallest absolute Gasteiger partial charge is 0.260 e. The van der Waals surface area contributed by atoms with Crippen molar-refractivity contribution in [2.24, 2.45) is 0 Å². The number of carbonyl (C=O) groups is 1. The van der Waals surface area contributed by atoms with Gasteiger partial charge in [0.15, 0.2) is 6.61 Å². The minimum Gasteiger partial charge on any atom is -0.497 e. The molecule has 138 valence electrons. The number of nitrogens with zero attached hydrogens (tertiary/aromatic N) is 3. The number of methoxy groups -OCH3 is 1. The standard InChI is InChI=1S/C19H23N3O4/c1-14-20-10-9-18(21-14)26-17-4-3-11-22(12-17)19(23)13-25-16-7-5-15(24-2)6-8-16/h5-10,17H,3-4,11-13H2,1-2H3. The molecule has 1 fully saturated rings. The van der Waals surface area contributed by atoms with Crippen LogP contribution in [0.3, 0.4) is 0 Å². The molecule has 0 N–H and O–H groups in total. The van der Waals surface area contributed by atoms with Crippen LogP contribution in [-0.2, 0) is 4.79 Å². The summed E-state index contributed by atoms with van der Waals surface area (Å²) in [6, 6.07) is 8.90. The highest BCUT2D eigenvalue weighted by Crippen LogP contribution is 2.19. The zero-order valence-corrected chi connectivity index (χ0v) is 15.1. The number of hydrogen-bond donors (Lipinski definition) is 0. The fraction of sp³-hybridized carbons (Fsp3) is 0.421. The van der Waals surface area contributed by atoms with Crippen LogP contribution in [0.4, 0.5) is 0 Å². The van der Waals surface area contributed by atoms with Crippen molar-refractivity contribution >= 4 is 5.91 Å². The molecule has 1 aliphatic heterocycles. The number of hydrogen-bond acceptors (Lipinski definition) is 6. The minimum absolute atomic E-state index is 0.00562. The average molecular weight is 357 g/mol. The zero-order chi connectivity index (χ0) is 18.4. The predicted molar refractivity (Wildman–Crippen MR) is 95.5 cm³/mol. The van der Waals surface area contributed by atoms with E-state index in [1.807, 2.05) is 6.92 Å². The molecule has 0 radical (unpaired) electrons. The van der Waals surface area contributed by atoms with E-state index in [2.05, 4.69) is 9.97 Å². The Labute approximate surface area is 152 Å². The topological polar surface area (TPSA) is 73.8 Å². The molecular weight excluding hydrogens is 334 g/mol. The first-order chi connectivity index (χ1) is 12.6. The highest BCUT2D eigenvalue weighted by molar-refractivity contribution is 5.77. The van der Waals surface area contributed by atoms with Gasteiger partial charge in [0.05, 0.1) is 13.7 Å². The largest absolute Gasteiger partial charge is 0.497 e. The van der Waals surface area contributed by atoms with Gasteiger partial charge in [-0.15, -0.1) is 0 Å². The van der Waals surface area contributed by atoms with Gasteiger partial charge >= 0.3 is 0 Å². The summed E-state index contributed by atoms with van der Waals surface area (Å²) < 4.78 is 16.6. The van der Waals surface area contributed by atoms with Crippen LogP contribution in [0.25, 0.3) is 0 Å². The normalized spacial score (nSPS) is 16.8. The number of piperidine rings is 1. The molecule has 7 nitrogen and oxygen atoms in total. The van der Waals surface area contributed by atoms with Gasteiger partial charge in [0, 0.05) is 18.8 Å². The third-order valence-electron chi connectivity index (χ3n) is 4.19. The zero-order valence-electron chi connectivity index (χ0n) is 15.1. The lowest BCUT2D eigenvalue weighted by atomic mass is 10.1. The van der Waals surface area contributed by atoms with Crippen molar-refractivity contribution in [3.05, 3.63) is 42.4 Å². The van der Waals surface area contributed by atoms with Crippen LogP contribution in [-0.4, -0.2) is 53.7 Å². The molecule has 0 saturated carbocycles. The molecule has 1 aromatic carbocycles. The Hall–Kier alpha value is -2.83. The first-order valence-corrected chi connectivity index (χ1v) is 8.65. The molecule has 0 bridgehead atoms. The van der Waals surface area contributed by atoms with Crippen molar-refractivity contribution in [2.75, 3.05) is 26.8 Å². The molecule has 2 heterocycles. The number of aryl methyl sites for hydroxylation is 1. The molecule has 7 heteroatoms. The van der Waals surface area contributed by atoms with Crippen LogP contribution in [0.2, 0.25) is 0 Å². The summed E-state index contributed by atoms with van der Waals surface area (Å²) in [5.41, 5.74) is 0. The van der Waals surface area contributed by atoms with E-state index in [-0.39, 0.29) is 18.6 Å². The maximum atomic E-state index is 12.4. The summed E-state index contributed by atoms with van der Waals surface area (Å²) in [5.74, 6) is 2.55. The van der Waals surface area contributed by atoms with E-state index in [1.54, 1.807) is 48.5 Å². The summed E-state index contributed by atoms with van der Waals surface area (Å²) in [5, 5.41) is 0. The average Bonchev–Trinajstić information content (AvgIpc) is 2.67. The van der Waals surface area contributed by atoms with Crippen LogP contribution >= 0.6 is 0 Å². The second-order valence-corrected chi connectivity index (χ2v) is 6.13. The van der Waals surface area contributed by atoms with Gasteiger partial charge in [-0.2, -0.15) is 4.98 Å². The fourth-order valence-electron chi connectivity index (χ4n) is 2.84. The molecule has 1 saturated heterocycles. The van der Waals surface area contributed by atoms with Gasteiger partial charge in [0.1, 0.15) is 23.4 Å². The molecule has 1 aromatic heterocycles. The van der Waals surface area contributed by atoms with E-state index >= 15 is 0 Å². The first kappa shape index (κ1) is 18.0. The number of ether oxygens (including phenoxy) is 3. The van der Waals surface area contributed by atoms with E-state index in [9.17, 15) is 4.79 Å². The van der Waals surface area contributed by atoms with Crippen molar-refractivity contribution < 1.29 is 19.0 Å². The Morgan fingerprint density at radius 1 is 1.23 bits per heavy atom. The van der Waals surface area contributed by atoms with Crippen molar-refractivity contribution in [1.82, 2.24) is 14.9 Å². The molecule has 0 aliphatic carbocycles. The van der Waals surface area contributed by atoms with Crippen molar-refractivity contribution in [2.45, 2.75) is 25.9 Å². The second-order valence-electron chi connectivity index (χ2n) is 6.13. The Morgan fingerprint density at radius 3 is 2.73 bits per heavy atom. The SMILES string of the molecule is COc1ccc(OCC(=O)N2CCCC(Oc3ccnc(C)n3)C2)cc1. The Morgan fingerprint density at radius 2 is 2.00 bits per heavy atom. The van der Waals surface area contributed by atoms with Crippen LogP contribution in [0, 0.1) is 6.92 Å². The summed E-state index contributed by atoms with van der Waals surface area (Å²) in [6.07, 6.45) is 3.39. The van der Waals surface area contributed by atoms with E-state index < -0.39 is 0 Å². The van der Waals surface area contributed by atoms with Gasteiger partial charge in [0.2, 0.25) is 5.88 Å². The van der Waals surface area contributed by atoms with Gasteiger partial charge in [-0.25, -0.2) is 4.98 Å². The molecule has 2 aromatic rings. The second kappa shape index (κ2) is 8.51.